The van der Waals surface area contributed by atoms with Crippen molar-refractivity contribution in [3.63, 3.8) is 0 Å². The van der Waals surface area contributed by atoms with Crippen LogP contribution in [0, 0.1) is 6.92 Å². The zero-order chi connectivity index (χ0) is 22.2. The predicted octanol–water partition coefficient (Wildman–Crippen LogP) is 6.42. The standard InChI is InChI=1S/C26H21BrClNO3/c1-16-11-22-21(14-29(15-31-22)10-9-17-5-7-20(28)8-6-17)26-24(16)25(30)23(32-26)13-18-3-2-4-19(27)12-18/h2-8,11-13H,9-10,14-15H2,1H3/b23-13+. The van der Waals surface area contributed by atoms with E-state index < -0.39 is 0 Å². The lowest BCUT2D eigenvalue weighted by Crippen LogP contribution is -2.33. The summed E-state index contributed by atoms with van der Waals surface area (Å²) in [5.74, 6) is 1.68. The Morgan fingerprint density at radius 3 is 2.75 bits per heavy atom. The van der Waals surface area contributed by atoms with Crippen molar-refractivity contribution < 1.29 is 14.3 Å². The summed E-state index contributed by atoms with van der Waals surface area (Å²) in [6, 6.07) is 17.6. The van der Waals surface area contributed by atoms with Crippen LogP contribution >= 0.6 is 27.5 Å². The number of ether oxygens (including phenoxy) is 2. The van der Waals surface area contributed by atoms with Gasteiger partial charge in [0.25, 0.3) is 0 Å². The van der Waals surface area contributed by atoms with Gasteiger partial charge in [0.2, 0.25) is 5.78 Å². The first-order valence-electron chi connectivity index (χ1n) is 10.4. The molecule has 4 nitrogen and oxygen atoms in total. The summed E-state index contributed by atoms with van der Waals surface area (Å²) in [5, 5.41) is 0.739. The second-order valence-electron chi connectivity index (χ2n) is 8.07. The van der Waals surface area contributed by atoms with E-state index in [-0.39, 0.29) is 5.78 Å². The van der Waals surface area contributed by atoms with Crippen LogP contribution in [-0.2, 0) is 13.0 Å². The van der Waals surface area contributed by atoms with Gasteiger partial charge < -0.3 is 9.47 Å². The number of nitrogens with zero attached hydrogens (tertiary/aromatic N) is 1. The van der Waals surface area contributed by atoms with Gasteiger partial charge in [-0.05, 0) is 66.4 Å². The van der Waals surface area contributed by atoms with Gasteiger partial charge in [-0.25, -0.2) is 0 Å². The fourth-order valence-corrected chi connectivity index (χ4v) is 4.65. The number of benzene rings is 3. The van der Waals surface area contributed by atoms with Gasteiger partial charge >= 0.3 is 0 Å². The number of ketones is 1. The Hall–Kier alpha value is -2.60. The van der Waals surface area contributed by atoms with Crippen LogP contribution in [0.25, 0.3) is 6.08 Å². The second kappa shape index (κ2) is 8.74. The molecule has 6 heteroatoms. The monoisotopic (exact) mass is 509 g/mol. The first kappa shape index (κ1) is 21.3. The van der Waals surface area contributed by atoms with Crippen LogP contribution in [0.15, 0.2) is 64.8 Å². The smallest absolute Gasteiger partial charge is 0.232 e. The zero-order valence-electron chi connectivity index (χ0n) is 17.5. The van der Waals surface area contributed by atoms with Crippen molar-refractivity contribution >= 4 is 39.4 Å². The molecule has 2 aliphatic rings. The molecule has 0 spiro atoms. The van der Waals surface area contributed by atoms with Gasteiger partial charge in [0.1, 0.15) is 18.2 Å². The van der Waals surface area contributed by atoms with E-state index in [0.717, 1.165) is 44.9 Å². The third-order valence-electron chi connectivity index (χ3n) is 5.76. The molecule has 0 unspecified atom stereocenters. The quantitative estimate of drug-likeness (QED) is 0.380. The van der Waals surface area contributed by atoms with E-state index in [4.69, 9.17) is 21.1 Å². The summed E-state index contributed by atoms with van der Waals surface area (Å²) in [7, 11) is 0. The van der Waals surface area contributed by atoms with Crippen LogP contribution in [-0.4, -0.2) is 24.0 Å². The molecule has 0 atom stereocenters. The van der Waals surface area contributed by atoms with Gasteiger partial charge in [0, 0.05) is 22.6 Å². The molecule has 3 aromatic rings. The average Bonchev–Trinajstić information content (AvgIpc) is 3.10. The largest absolute Gasteiger partial charge is 0.478 e. The van der Waals surface area contributed by atoms with Gasteiger partial charge in [-0.1, -0.05) is 51.8 Å². The van der Waals surface area contributed by atoms with Crippen LogP contribution in [0.5, 0.6) is 11.5 Å². The topological polar surface area (TPSA) is 38.8 Å². The highest BCUT2D eigenvalue weighted by molar-refractivity contribution is 9.10. The van der Waals surface area contributed by atoms with E-state index in [2.05, 4.69) is 20.8 Å². The lowest BCUT2D eigenvalue weighted by atomic mass is 9.98. The maximum atomic E-state index is 13.1. The number of hydrogen-bond donors (Lipinski definition) is 0. The summed E-state index contributed by atoms with van der Waals surface area (Å²) < 4.78 is 13.1. The van der Waals surface area contributed by atoms with E-state index in [0.29, 0.717) is 30.3 Å². The number of carbonyl (C=O) groups excluding carboxylic acids is 1. The number of hydrogen-bond acceptors (Lipinski definition) is 4. The van der Waals surface area contributed by atoms with Crippen LogP contribution < -0.4 is 9.47 Å². The minimum absolute atomic E-state index is 0.0847. The molecule has 0 aromatic heterocycles. The number of carbonyl (C=O) groups is 1. The molecule has 0 aliphatic carbocycles. The van der Waals surface area contributed by atoms with Gasteiger partial charge in [0.15, 0.2) is 5.76 Å². The molecule has 2 aliphatic heterocycles. The number of Topliss-reactive ketones (excluding diaryl/α,β-unsaturated/α-hetero) is 1. The highest BCUT2D eigenvalue weighted by atomic mass is 79.9. The highest BCUT2D eigenvalue weighted by Crippen LogP contribution is 2.44. The fraction of sp³-hybridized carbons (Fsp3) is 0.192. The Morgan fingerprint density at radius 2 is 1.97 bits per heavy atom. The van der Waals surface area contributed by atoms with E-state index in [1.165, 1.54) is 5.56 Å². The van der Waals surface area contributed by atoms with Crippen molar-refractivity contribution in [1.82, 2.24) is 4.90 Å². The lowest BCUT2D eigenvalue weighted by molar-refractivity contribution is 0.0949. The SMILES string of the molecule is Cc1cc2c(c3c1C(=O)/C(=C\c1cccc(Br)c1)O3)CN(CCc1ccc(Cl)cc1)CO2. The molecular formula is C26H21BrClNO3. The van der Waals surface area contributed by atoms with Crippen molar-refractivity contribution in [2.75, 3.05) is 13.3 Å². The summed E-state index contributed by atoms with van der Waals surface area (Å²) in [5.41, 5.74) is 4.56. The fourth-order valence-electron chi connectivity index (χ4n) is 4.11. The van der Waals surface area contributed by atoms with E-state index in [1.54, 1.807) is 6.08 Å². The number of rotatable bonds is 4. The summed E-state index contributed by atoms with van der Waals surface area (Å²) in [6.07, 6.45) is 2.68. The minimum atomic E-state index is -0.0847. The van der Waals surface area contributed by atoms with Crippen LogP contribution in [0.3, 0.4) is 0 Å². The molecule has 0 amide bonds. The lowest BCUT2D eigenvalue weighted by Gasteiger charge is -2.30. The molecule has 0 radical (unpaired) electrons. The Kier molecular flexibility index (Phi) is 5.80. The van der Waals surface area contributed by atoms with E-state index >= 15 is 0 Å². The van der Waals surface area contributed by atoms with Crippen molar-refractivity contribution in [3.8, 4) is 11.5 Å². The highest BCUT2D eigenvalue weighted by Gasteiger charge is 2.35. The van der Waals surface area contributed by atoms with E-state index in [9.17, 15) is 4.79 Å². The molecule has 3 aromatic carbocycles. The summed E-state index contributed by atoms with van der Waals surface area (Å²) in [6.45, 7) is 3.94. The number of allylic oxidation sites excluding steroid dienone is 1. The zero-order valence-corrected chi connectivity index (χ0v) is 19.9. The van der Waals surface area contributed by atoms with Gasteiger partial charge in [-0.15, -0.1) is 0 Å². The molecule has 0 fully saturated rings. The third-order valence-corrected chi connectivity index (χ3v) is 6.51. The van der Waals surface area contributed by atoms with Gasteiger partial charge in [0.05, 0.1) is 11.1 Å². The van der Waals surface area contributed by atoms with Crippen LogP contribution in [0.2, 0.25) is 5.02 Å². The molecule has 32 heavy (non-hydrogen) atoms. The van der Waals surface area contributed by atoms with Crippen molar-refractivity contribution in [3.05, 3.63) is 97.7 Å². The van der Waals surface area contributed by atoms with Crippen LogP contribution in [0.1, 0.15) is 32.6 Å². The van der Waals surface area contributed by atoms with Gasteiger partial charge in [-0.3, -0.25) is 9.69 Å². The number of fused-ring (bicyclic) bond motifs is 3. The van der Waals surface area contributed by atoms with Gasteiger partial charge in [-0.2, -0.15) is 0 Å². The maximum absolute atomic E-state index is 13.1. The molecule has 0 N–H and O–H groups in total. The number of halogens is 2. The Labute approximate surface area is 200 Å². The molecule has 0 bridgehead atoms. The van der Waals surface area contributed by atoms with E-state index in [1.807, 2.05) is 61.5 Å². The average molecular weight is 511 g/mol. The number of aryl methyl sites for hydroxylation is 1. The molecule has 0 saturated heterocycles. The first-order chi connectivity index (χ1) is 15.5. The minimum Gasteiger partial charge on any atom is -0.478 e. The Morgan fingerprint density at radius 1 is 1.16 bits per heavy atom. The van der Waals surface area contributed by atoms with Crippen molar-refractivity contribution in [2.24, 2.45) is 0 Å². The Bertz CT molecular complexity index is 1240. The summed E-state index contributed by atoms with van der Waals surface area (Å²) >= 11 is 9.46. The van der Waals surface area contributed by atoms with Crippen LogP contribution in [0.4, 0.5) is 0 Å². The first-order valence-corrected chi connectivity index (χ1v) is 11.6. The molecular weight excluding hydrogens is 490 g/mol. The Balaban J connectivity index is 1.39. The predicted molar refractivity (Wildman–Crippen MR) is 129 cm³/mol. The normalized spacial score (nSPS) is 16.5. The molecule has 2 heterocycles. The molecule has 5 rings (SSSR count). The van der Waals surface area contributed by atoms with Crippen molar-refractivity contribution in [1.29, 1.82) is 0 Å². The molecule has 0 saturated carbocycles. The second-order valence-corrected chi connectivity index (χ2v) is 9.42. The third kappa shape index (κ3) is 4.20. The summed E-state index contributed by atoms with van der Waals surface area (Å²) in [4.78, 5) is 15.4. The maximum Gasteiger partial charge on any atom is 0.232 e. The molecule has 162 valence electrons. The van der Waals surface area contributed by atoms with Crippen molar-refractivity contribution in [2.45, 2.75) is 19.9 Å².